The second-order valence-corrected chi connectivity index (χ2v) is 4.31. The summed E-state index contributed by atoms with van der Waals surface area (Å²) in [5, 5.41) is 7.16. The first-order valence-electron chi connectivity index (χ1n) is 5.73. The van der Waals surface area contributed by atoms with Crippen molar-refractivity contribution in [1.82, 2.24) is 0 Å². The van der Waals surface area contributed by atoms with Gasteiger partial charge in [0.25, 0.3) is 0 Å². The largest absolute Gasteiger partial charge is 0.383 e. The summed E-state index contributed by atoms with van der Waals surface area (Å²) < 4.78 is 12.7. The molecule has 2 aromatic carbocycles. The van der Waals surface area contributed by atoms with Crippen LogP contribution in [0.1, 0.15) is 0 Å². The van der Waals surface area contributed by atoms with Crippen molar-refractivity contribution < 1.29 is 4.39 Å². The molecule has 18 heavy (non-hydrogen) atoms. The fourth-order valence-corrected chi connectivity index (χ4v) is 1.77. The first kappa shape index (κ1) is 12.7. The van der Waals surface area contributed by atoms with E-state index in [1.165, 1.54) is 12.1 Å². The van der Waals surface area contributed by atoms with Gasteiger partial charge in [0, 0.05) is 29.5 Å². The number of anilines is 2. The Morgan fingerprint density at radius 1 is 0.889 bits per heavy atom. The summed E-state index contributed by atoms with van der Waals surface area (Å²) in [6.45, 7) is 1.51. The van der Waals surface area contributed by atoms with Crippen LogP contribution in [0.15, 0.2) is 48.5 Å². The Balaban J connectivity index is 1.74. The molecule has 2 rings (SSSR count). The van der Waals surface area contributed by atoms with Gasteiger partial charge in [0.05, 0.1) is 0 Å². The summed E-state index contributed by atoms with van der Waals surface area (Å²) >= 11 is 5.88. The Morgan fingerprint density at radius 2 is 1.56 bits per heavy atom. The van der Waals surface area contributed by atoms with Crippen LogP contribution in [0.4, 0.5) is 15.8 Å². The van der Waals surface area contributed by atoms with E-state index in [1.807, 2.05) is 24.3 Å². The molecular weight excluding hydrogens is 251 g/mol. The van der Waals surface area contributed by atoms with Gasteiger partial charge >= 0.3 is 0 Å². The molecule has 0 saturated carbocycles. The molecule has 0 aromatic heterocycles. The lowest BCUT2D eigenvalue weighted by Crippen LogP contribution is -2.13. The highest BCUT2D eigenvalue weighted by molar-refractivity contribution is 6.30. The lowest BCUT2D eigenvalue weighted by molar-refractivity contribution is 0.628. The molecule has 0 atom stereocenters. The molecule has 2 aromatic rings. The lowest BCUT2D eigenvalue weighted by Gasteiger charge is -2.09. The minimum absolute atomic E-state index is 0.224. The van der Waals surface area contributed by atoms with Gasteiger partial charge in [0.15, 0.2) is 0 Å². The normalized spacial score (nSPS) is 10.1. The number of benzene rings is 2. The van der Waals surface area contributed by atoms with Crippen molar-refractivity contribution in [2.75, 3.05) is 23.7 Å². The van der Waals surface area contributed by atoms with E-state index >= 15 is 0 Å². The smallest absolute Gasteiger partial charge is 0.123 e. The summed E-state index contributed by atoms with van der Waals surface area (Å²) in [6.07, 6.45) is 0. The number of rotatable bonds is 5. The van der Waals surface area contributed by atoms with Crippen molar-refractivity contribution >= 4 is 23.0 Å². The highest BCUT2D eigenvalue weighted by Crippen LogP contribution is 2.14. The van der Waals surface area contributed by atoms with Gasteiger partial charge in [-0.25, -0.2) is 4.39 Å². The average molecular weight is 265 g/mol. The van der Waals surface area contributed by atoms with Gasteiger partial charge in [0.2, 0.25) is 0 Å². The summed E-state index contributed by atoms with van der Waals surface area (Å²) in [7, 11) is 0. The summed E-state index contributed by atoms with van der Waals surface area (Å²) in [4.78, 5) is 0. The fraction of sp³-hybridized carbons (Fsp3) is 0.143. The van der Waals surface area contributed by atoms with Crippen molar-refractivity contribution in [2.45, 2.75) is 0 Å². The van der Waals surface area contributed by atoms with Crippen LogP contribution < -0.4 is 10.6 Å². The van der Waals surface area contributed by atoms with E-state index in [2.05, 4.69) is 10.6 Å². The van der Waals surface area contributed by atoms with E-state index in [0.29, 0.717) is 5.02 Å². The Bertz CT molecular complexity index is 499. The Kier molecular flexibility index (Phi) is 4.42. The van der Waals surface area contributed by atoms with Crippen LogP contribution in [0.2, 0.25) is 5.02 Å². The summed E-state index contributed by atoms with van der Waals surface area (Å²) in [6, 6.07) is 13.9. The maximum absolute atomic E-state index is 12.7. The molecule has 0 bridgehead atoms. The van der Waals surface area contributed by atoms with Crippen LogP contribution in [-0.4, -0.2) is 13.1 Å². The molecule has 0 saturated heterocycles. The quantitative estimate of drug-likeness (QED) is 0.798. The third kappa shape index (κ3) is 3.93. The highest BCUT2D eigenvalue weighted by atomic mass is 35.5. The molecular formula is C14H14ClFN2. The lowest BCUT2D eigenvalue weighted by atomic mass is 10.3. The number of hydrogen-bond donors (Lipinski definition) is 2. The Hall–Kier alpha value is -1.74. The zero-order valence-electron chi connectivity index (χ0n) is 9.79. The highest BCUT2D eigenvalue weighted by Gasteiger charge is 1.94. The maximum atomic E-state index is 12.7. The third-order valence-electron chi connectivity index (χ3n) is 2.45. The van der Waals surface area contributed by atoms with Gasteiger partial charge in [-0.1, -0.05) is 17.7 Å². The van der Waals surface area contributed by atoms with Crippen molar-refractivity contribution in [1.29, 1.82) is 0 Å². The van der Waals surface area contributed by atoms with E-state index in [4.69, 9.17) is 11.6 Å². The van der Waals surface area contributed by atoms with Crippen molar-refractivity contribution in [3.8, 4) is 0 Å². The second-order valence-electron chi connectivity index (χ2n) is 3.87. The van der Waals surface area contributed by atoms with Crippen molar-refractivity contribution in [2.24, 2.45) is 0 Å². The number of hydrogen-bond acceptors (Lipinski definition) is 2. The van der Waals surface area contributed by atoms with Gasteiger partial charge in [-0.2, -0.15) is 0 Å². The molecule has 0 aliphatic rings. The maximum Gasteiger partial charge on any atom is 0.123 e. The minimum Gasteiger partial charge on any atom is -0.383 e. The van der Waals surface area contributed by atoms with Crippen LogP contribution in [-0.2, 0) is 0 Å². The molecule has 0 spiro atoms. The van der Waals surface area contributed by atoms with Gasteiger partial charge in [0.1, 0.15) is 5.82 Å². The van der Waals surface area contributed by atoms with Gasteiger partial charge < -0.3 is 10.6 Å². The topological polar surface area (TPSA) is 24.1 Å². The predicted octanol–water partition coefficient (Wildman–Crippen LogP) is 4.00. The molecule has 0 aliphatic carbocycles. The van der Waals surface area contributed by atoms with Crippen molar-refractivity contribution in [3.63, 3.8) is 0 Å². The molecule has 0 heterocycles. The average Bonchev–Trinajstić information content (AvgIpc) is 2.37. The van der Waals surface area contributed by atoms with Gasteiger partial charge in [-0.15, -0.1) is 0 Å². The SMILES string of the molecule is Fc1ccc(NCCNc2cccc(Cl)c2)cc1. The van der Waals surface area contributed by atoms with E-state index in [9.17, 15) is 4.39 Å². The third-order valence-corrected chi connectivity index (χ3v) is 2.69. The zero-order valence-corrected chi connectivity index (χ0v) is 10.5. The second kappa shape index (κ2) is 6.26. The first-order chi connectivity index (χ1) is 8.74. The molecule has 0 fully saturated rings. The monoisotopic (exact) mass is 264 g/mol. The molecule has 0 unspecified atom stereocenters. The Morgan fingerprint density at radius 3 is 2.22 bits per heavy atom. The van der Waals surface area contributed by atoms with Crippen LogP contribution in [0, 0.1) is 5.82 Å². The molecule has 0 aliphatic heterocycles. The van der Waals surface area contributed by atoms with Crippen LogP contribution >= 0.6 is 11.6 Å². The van der Waals surface area contributed by atoms with Gasteiger partial charge in [-0.3, -0.25) is 0 Å². The summed E-state index contributed by atoms with van der Waals surface area (Å²) in [5.41, 5.74) is 1.90. The van der Waals surface area contributed by atoms with Crippen LogP contribution in [0.3, 0.4) is 0 Å². The number of halogens is 2. The van der Waals surface area contributed by atoms with Crippen LogP contribution in [0.5, 0.6) is 0 Å². The zero-order chi connectivity index (χ0) is 12.8. The predicted molar refractivity (Wildman–Crippen MR) is 74.8 cm³/mol. The molecule has 0 radical (unpaired) electrons. The summed E-state index contributed by atoms with van der Waals surface area (Å²) in [5.74, 6) is -0.224. The minimum atomic E-state index is -0.224. The van der Waals surface area contributed by atoms with Gasteiger partial charge in [-0.05, 0) is 42.5 Å². The fourth-order valence-electron chi connectivity index (χ4n) is 1.58. The first-order valence-corrected chi connectivity index (χ1v) is 6.11. The molecule has 0 amide bonds. The molecule has 2 N–H and O–H groups in total. The van der Waals surface area contributed by atoms with Crippen LogP contribution in [0.25, 0.3) is 0 Å². The van der Waals surface area contributed by atoms with E-state index in [0.717, 1.165) is 24.5 Å². The standard InChI is InChI=1S/C14H14ClFN2/c15-11-2-1-3-14(10-11)18-9-8-17-13-6-4-12(16)5-7-13/h1-7,10,17-18H,8-9H2. The molecule has 4 heteroatoms. The van der Waals surface area contributed by atoms with E-state index < -0.39 is 0 Å². The van der Waals surface area contributed by atoms with E-state index in [-0.39, 0.29) is 5.82 Å². The van der Waals surface area contributed by atoms with E-state index in [1.54, 1.807) is 12.1 Å². The molecule has 2 nitrogen and oxygen atoms in total. The molecule has 94 valence electrons. The Labute approximate surface area is 111 Å². The van der Waals surface area contributed by atoms with Crippen molar-refractivity contribution in [3.05, 3.63) is 59.4 Å². The number of nitrogens with one attached hydrogen (secondary N) is 2.